The fourth-order valence-electron chi connectivity index (χ4n) is 3.28. The average Bonchev–Trinajstić information content (AvgIpc) is 3.16. The van der Waals surface area contributed by atoms with Gasteiger partial charge >= 0.3 is 0 Å². The number of hydrogen-bond acceptors (Lipinski definition) is 5. The zero-order valence-corrected chi connectivity index (χ0v) is 19.7. The second-order valence-electron chi connectivity index (χ2n) is 7.57. The fourth-order valence-corrected chi connectivity index (χ4v) is 4.17. The van der Waals surface area contributed by atoms with E-state index in [4.69, 9.17) is 16.3 Å². The number of carbonyl (C=O) groups is 1. The zero-order valence-electron chi connectivity index (χ0n) is 18.1. The molecule has 1 heterocycles. The van der Waals surface area contributed by atoms with Gasteiger partial charge in [0.15, 0.2) is 11.0 Å². The molecule has 164 valence electrons. The molecule has 1 unspecified atom stereocenters. The Kier molecular flexibility index (Phi) is 8.12. The van der Waals surface area contributed by atoms with E-state index in [-0.39, 0.29) is 17.7 Å². The monoisotopic (exact) mass is 458 g/mol. The normalized spacial score (nSPS) is 12.2. The molecular weight excluding hydrogens is 432 g/mol. The van der Waals surface area contributed by atoms with E-state index in [1.54, 1.807) is 7.11 Å². The number of carbonyl (C=O) groups excluding carboxylic acids is 1. The van der Waals surface area contributed by atoms with E-state index in [9.17, 15) is 4.79 Å². The third kappa shape index (κ3) is 5.87. The predicted molar refractivity (Wildman–Crippen MR) is 126 cm³/mol. The summed E-state index contributed by atoms with van der Waals surface area (Å²) in [5, 5.41) is 13.1. The van der Waals surface area contributed by atoms with Crippen LogP contribution in [0.25, 0.3) is 17.1 Å². The summed E-state index contributed by atoms with van der Waals surface area (Å²) in [5.74, 6) is 1.18. The van der Waals surface area contributed by atoms with Crippen LogP contribution in [0.1, 0.15) is 32.3 Å². The van der Waals surface area contributed by atoms with Crippen molar-refractivity contribution in [2.24, 2.45) is 0 Å². The lowest BCUT2D eigenvalue weighted by atomic mass is 10.0. The van der Waals surface area contributed by atoms with Crippen LogP contribution in [-0.4, -0.2) is 46.2 Å². The van der Waals surface area contributed by atoms with E-state index in [2.05, 4.69) is 41.5 Å². The standard InChI is InChI=1S/C23H27ClN4O2S/c1-15(2)19-7-5-6-8-20(19)28-22(17-9-11-18(24)12-10-17)26-27-23(28)31-14-21(29)25-16(3)13-30-4/h5-12,15-16H,13-14H2,1-4H3,(H,25,29). The number of amides is 1. The van der Waals surface area contributed by atoms with Gasteiger partial charge in [-0.15, -0.1) is 10.2 Å². The van der Waals surface area contributed by atoms with Crippen LogP contribution in [0.3, 0.4) is 0 Å². The summed E-state index contributed by atoms with van der Waals surface area (Å²) in [5.41, 5.74) is 3.08. The lowest BCUT2D eigenvalue weighted by Gasteiger charge is -2.17. The molecule has 0 spiro atoms. The average molecular weight is 459 g/mol. The number of methoxy groups -OCH3 is 1. The molecule has 1 atom stereocenters. The minimum atomic E-state index is -0.0747. The minimum absolute atomic E-state index is 0.0535. The van der Waals surface area contributed by atoms with Gasteiger partial charge in [-0.05, 0) is 48.7 Å². The van der Waals surface area contributed by atoms with Crippen molar-refractivity contribution in [1.29, 1.82) is 0 Å². The molecular formula is C23H27ClN4O2S. The van der Waals surface area contributed by atoms with Gasteiger partial charge in [-0.1, -0.05) is 55.4 Å². The molecule has 1 amide bonds. The van der Waals surface area contributed by atoms with Crippen molar-refractivity contribution in [2.75, 3.05) is 19.5 Å². The Balaban J connectivity index is 1.97. The third-order valence-corrected chi connectivity index (χ3v) is 5.87. The number of para-hydroxylation sites is 1. The summed E-state index contributed by atoms with van der Waals surface area (Å²) in [6, 6.07) is 15.7. The van der Waals surface area contributed by atoms with Crippen molar-refractivity contribution >= 4 is 29.3 Å². The SMILES string of the molecule is COCC(C)NC(=O)CSc1nnc(-c2ccc(Cl)cc2)n1-c1ccccc1C(C)C. The van der Waals surface area contributed by atoms with Gasteiger partial charge in [-0.25, -0.2) is 0 Å². The van der Waals surface area contributed by atoms with Crippen LogP contribution in [0.2, 0.25) is 5.02 Å². The van der Waals surface area contributed by atoms with Crippen molar-refractivity contribution in [2.45, 2.75) is 37.9 Å². The third-order valence-electron chi connectivity index (χ3n) is 4.69. The second kappa shape index (κ2) is 10.8. The maximum Gasteiger partial charge on any atom is 0.230 e. The molecule has 0 bridgehead atoms. The van der Waals surface area contributed by atoms with Crippen molar-refractivity contribution in [3.8, 4) is 17.1 Å². The lowest BCUT2D eigenvalue weighted by molar-refractivity contribution is -0.119. The van der Waals surface area contributed by atoms with Crippen LogP contribution in [0.5, 0.6) is 0 Å². The molecule has 31 heavy (non-hydrogen) atoms. The van der Waals surface area contributed by atoms with Crippen LogP contribution in [-0.2, 0) is 9.53 Å². The number of ether oxygens (including phenoxy) is 1. The van der Waals surface area contributed by atoms with Crippen LogP contribution >= 0.6 is 23.4 Å². The van der Waals surface area contributed by atoms with Gasteiger partial charge in [0.1, 0.15) is 0 Å². The van der Waals surface area contributed by atoms with Crippen molar-refractivity contribution in [3.05, 3.63) is 59.1 Å². The zero-order chi connectivity index (χ0) is 22.4. The molecule has 0 aliphatic heterocycles. The molecule has 0 fully saturated rings. The summed E-state index contributed by atoms with van der Waals surface area (Å²) in [6.07, 6.45) is 0. The van der Waals surface area contributed by atoms with E-state index in [1.807, 2.05) is 47.9 Å². The Morgan fingerprint density at radius 3 is 2.52 bits per heavy atom. The molecule has 6 nitrogen and oxygen atoms in total. The predicted octanol–water partition coefficient (Wildman–Crippen LogP) is 4.95. The quantitative estimate of drug-likeness (QED) is 0.459. The van der Waals surface area contributed by atoms with Gasteiger partial charge in [-0.2, -0.15) is 0 Å². The second-order valence-corrected chi connectivity index (χ2v) is 8.95. The number of thioether (sulfide) groups is 1. The topological polar surface area (TPSA) is 69.0 Å². The lowest BCUT2D eigenvalue weighted by Crippen LogP contribution is -2.36. The largest absolute Gasteiger partial charge is 0.383 e. The smallest absolute Gasteiger partial charge is 0.230 e. The molecule has 1 aromatic heterocycles. The minimum Gasteiger partial charge on any atom is -0.383 e. The van der Waals surface area contributed by atoms with Crippen molar-refractivity contribution in [1.82, 2.24) is 20.1 Å². The number of nitrogens with one attached hydrogen (secondary N) is 1. The van der Waals surface area contributed by atoms with Crippen LogP contribution in [0, 0.1) is 0 Å². The molecule has 1 N–H and O–H groups in total. The summed E-state index contributed by atoms with van der Waals surface area (Å²) in [4.78, 5) is 12.4. The van der Waals surface area contributed by atoms with Gasteiger partial charge in [-0.3, -0.25) is 9.36 Å². The van der Waals surface area contributed by atoms with Gasteiger partial charge in [0.2, 0.25) is 5.91 Å². The Morgan fingerprint density at radius 1 is 1.13 bits per heavy atom. The number of hydrogen-bond donors (Lipinski definition) is 1. The highest BCUT2D eigenvalue weighted by Gasteiger charge is 2.20. The molecule has 3 rings (SSSR count). The Hall–Kier alpha value is -2.35. The fraction of sp³-hybridized carbons (Fsp3) is 0.348. The number of nitrogens with zero attached hydrogens (tertiary/aromatic N) is 3. The summed E-state index contributed by atoms with van der Waals surface area (Å²) in [7, 11) is 1.62. The first-order valence-corrected chi connectivity index (χ1v) is 11.5. The number of aromatic nitrogens is 3. The van der Waals surface area contributed by atoms with Gasteiger partial charge in [0.25, 0.3) is 0 Å². The number of benzene rings is 2. The highest BCUT2D eigenvalue weighted by molar-refractivity contribution is 7.99. The van der Waals surface area contributed by atoms with E-state index in [0.717, 1.165) is 11.3 Å². The molecule has 0 saturated heterocycles. The molecule has 0 aliphatic carbocycles. The highest BCUT2D eigenvalue weighted by atomic mass is 35.5. The van der Waals surface area contributed by atoms with Crippen molar-refractivity contribution < 1.29 is 9.53 Å². The maximum atomic E-state index is 12.4. The first-order chi connectivity index (χ1) is 14.9. The Morgan fingerprint density at radius 2 is 1.84 bits per heavy atom. The van der Waals surface area contributed by atoms with Crippen LogP contribution in [0.15, 0.2) is 53.7 Å². The van der Waals surface area contributed by atoms with E-state index in [0.29, 0.717) is 28.5 Å². The van der Waals surface area contributed by atoms with Gasteiger partial charge in [0.05, 0.1) is 18.0 Å². The van der Waals surface area contributed by atoms with Crippen LogP contribution < -0.4 is 5.32 Å². The molecule has 3 aromatic rings. The highest BCUT2D eigenvalue weighted by Crippen LogP contribution is 2.32. The molecule has 2 aromatic carbocycles. The molecule has 8 heteroatoms. The summed E-state index contributed by atoms with van der Waals surface area (Å²) < 4.78 is 7.11. The van der Waals surface area contributed by atoms with Crippen LogP contribution in [0.4, 0.5) is 0 Å². The summed E-state index contributed by atoms with van der Waals surface area (Å²) >= 11 is 7.44. The number of halogens is 1. The van der Waals surface area contributed by atoms with Gasteiger partial charge < -0.3 is 10.1 Å². The molecule has 0 radical (unpaired) electrons. The molecule has 0 saturated carbocycles. The van der Waals surface area contributed by atoms with Crippen molar-refractivity contribution in [3.63, 3.8) is 0 Å². The summed E-state index contributed by atoms with van der Waals surface area (Å²) in [6.45, 7) is 6.69. The first kappa shape index (κ1) is 23.3. The van der Waals surface area contributed by atoms with E-state index < -0.39 is 0 Å². The first-order valence-electron chi connectivity index (χ1n) is 10.1. The Labute approximate surface area is 192 Å². The maximum absolute atomic E-state index is 12.4. The number of rotatable bonds is 9. The van der Waals surface area contributed by atoms with Gasteiger partial charge in [0, 0.05) is 23.7 Å². The van der Waals surface area contributed by atoms with E-state index in [1.165, 1.54) is 17.3 Å². The van der Waals surface area contributed by atoms with E-state index >= 15 is 0 Å². The Bertz CT molecular complexity index is 1020. The molecule has 0 aliphatic rings.